The van der Waals surface area contributed by atoms with E-state index in [1.807, 2.05) is 0 Å². The molecule has 0 bridgehead atoms. The topological polar surface area (TPSA) is 89.8 Å². The second-order valence-electron chi connectivity index (χ2n) is 18.8. The summed E-state index contributed by atoms with van der Waals surface area (Å²) in [6.07, 6.45) is 60.7. The number of allylic oxidation sites excluding steroid dienone is 2. The molecule has 0 aromatic carbocycles. The molecule has 0 saturated heterocycles. The molecule has 0 aliphatic rings. The van der Waals surface area contributed by atoms with Gasteiger partial charge in [-0.25, -0.2) is 0 Å². The van der Waals surface area contributed by atoms with E-state index in [-0.39, 0.29) is 12.5 Å². The van der Waals surface area contributed by atoms with E-state index >= 15 is 0 Å². The number of amides is 1. The largest absolute Gasteiger partial charge is 0.394 e. The van der Waals surface area contributed by atoms with Crippen molar-refractivity contribution in [1.82, 2.24) is 5.32 Å². The monoisotopic (exact) mass is 834 g/mol. The van der Waals surface area contributed by atoms with Gasteiger partial charge < -0.3 is 20.6 Å². The van der Waals surface area contributed by atoms with Crippen LogP contribution in [0.15, 0.2) is 12.2 Å². The van der Waals surface area contributed by atoms with Crippen LogP contribution in [0.1, 0.15) is 303 Å². The van der Waals surface area contributed by atoms with Crippen molar-refractivity contribution in [2.75, 3.05) is 6.61 Å². The lowest BCUT2D eigenvalue weighted by Gasteiger charge is -2.26. The molecule has 0 radical (unpaired) electrons. The fourth-order valence-electron chi connectivity index (χ4n) is 8.69. The Morgan fingerprint density at radius 2 is 0.678 bits per heavy atom. The number of carbonyl (C=O) groups is 1. The molecule has 0 aromatic rings. The van der Waals surface area contributed by atoms with Gasteiger partial charge in [0.2, 0.25) is 5.91 Å². The predicted molar refractivity (Wildman–Crippen MR) is 259 cm³/mol. The van der Waals surface area contributed by atoms with Crippen molar-refractivity contribution in [3.05, 3.63) is 12.2 Å². The number of nitrogens with one attached hydrogen (secondary N) is 1. The van der Waals surface area contributed by atoms with Crippen molar-refractivity contribution in [2.45, 2.75) is 321 Å². The normalized spacial score (nSPS) is 13.4. The van der Waals surface area contributed by atoms with Crippen molar-refractivity contribution in [1.29, 1.82) is 0 Å². The Labute approximate surface area is 369 Å². The highest BCUT2D eigenvalue weighted by molar-refractivity contribution is 5.76. The summed E-state index contributed by atoms with van der Waals surface area (Å²) >= 11 is 0. The molecular formula is C54H107NO4. The molecule has 1 amide bonds. The molecular weight excluding hydrogens is 727 g/mol. The van der Waals surface area contributed by atoms with Gasteiger partial charge in [0.15, 0.2) is 0 Å². The quantitative estimate of drug-likeness (QED) is 0.0363. The Balaban J connectivity index is 3.51. The molecule has 0 spiro atoms. The number of carbonyl (C=O) groups excluding carboxylic acids is 1. The van der Waals surface area contributed by atoms with Gasteiger partial charge in [-0.15, -0.1) is 0 Å². The fourth-order valence-corrected chi connectivity index (χ4v) is 8.69. The minimum Gasteiger partial charge on any atom is -0.394 e. The van der Waals surface area contributed by atoms with Gasteiger partial charge in [0.1, 0.15) is 6.10 Å². The minimum atomic E-state index is -1.13. The maximum absolute atomic E-state index is 12.5. The van der Waals surface area contributed by atoms with Gasteiger partial charge >= 0.3 is 0 Å². The van der Waals surface area contributed by atoms with Crippen LogP contribution >= 0.6 is 0 Å². The van der Waals surface area contributed by atoms with Crippen LogP contribution in [0, 0.1) is 0 Å². The summed E-state index contributed by atoms with van der Waals surface area (Å²) < 4.78 is 0. The number of unbranched alkanes of at least 4 members (excludes halogenated alkanes) is 40. The van der Waals surface area contributed by atoms with Crippen LogP contribution in [0.2, 0.25) is 0 Å². The molecule has 5 heteroatoms. The Morgan fingerprint density at radius 1 is 0.407 bits per heavy atom. The maximum atomic E-state index is 12.5. The van der Waals surface area contributed by atoms with E-state index in [1.165, 1.54) is 244 Å². The zero-order valence-corrected chi connectivity index (χ0v) is 40.2. The van der Waals surface area contributed by atoms with Crippen LogP contribution in [0.25, 0.3) is 0 Å². The fraction of sp³-hybridized carbons (Fsp3) is 0.944. The van der Waals surface area contributed by atoms with Gasteiger partial charge in [-0.05, 0) is 38.5 Å². The highest BCUT2D eigenvalue weighted by Gasteiger charge is 2.26. The molecule has 0 fully saturated rings. The molecule has 59 heavy (non-hydrogen) atoms. The van der Waals surface area contributed by atoms with Crippen molar-refractivity contribution < 1.29 is 20.1 Å². The molecule has 0 aliphatic heterocycles. The molecule has 352 valence electrons. The Bertz CT molecular complexity index is 833. The standard InChI is InChI=1S/C54H107NO4/c1-3-5-7-9-11-13-15-17-19-21-22-23-24-25-26-27-28-29-30-31-33-35-37-39-41-43-45-47-49-53(58)55-51(50-56)54(59)52(57)48-46-44-42-40-38-36-34-32-20-18-16-14-12-10-8-6-4-2/h25-26,51-52,54,56-57,59H,3-24,27-50H2,1-2H3,(H,55,58)/b26-25-. The van der Waals surface area contributed by atoms with Crippen molar-refractivity contribution in [3.63, 3.8) is 0 Å². The molecule has 5 nitrogen and oxygen atoms in total. The first-order valence-electron chi connectivity index (χ1n) is 27.0. The lowest BCUT2D eigenvalue weighted by Crippen LogP contribution is -2.50. The average molecular weight is 834 g/mol. The minimum absolute atomic E-state index is 0.140. The highest BCUT2D eigenvalue weighted by atomic mass is 16.3. The third kappa shape index (κ3) is 44.9. The molecule has 0 aliphatic carbocycles. The van der Waals surface area contributed by atoms with Gasteiger partial charge in [0, 0.05) is 6.42 Å². The van der Waals surface area contributed by atoms with E-state index in [4.69, 9.17) is 0 Å². The number of aliphatic hydroxyl groups excluding tert-OH is 3. The van der Waals surface area contributed by atoms with Gasteiger partial charge in [0.05, 0.1) is 18.8 Å². The molecule has 4 N–H and O–H groups in total. The first-order valence-corrected chi connectivity index (χ1v) is 27.0. The van der Waals surface area contributed by atoms with Crippen LogP contribution in [0.5, 0.6) is 0 Å². The summed E-state index contributed by atoms with van der Waals surface area (Å²) in [7, 11) is 0. The summed E-state index contributed by atoms with van der Waals surface area (Å²) in [6, 6.07) is -0.807. The number of hydrogen-bond acceptors (Lipinski definition) is 4. The molecule has 3 unspecified atom stereocenters. The first kappa shape index (κ1) is 58.1. The van der Waals surface area contributed by atoms with Crippen LogP contribution in [-0.4, -0.2) is 46.1 Å². The van der Waals surface area contributed by atoms with Crippen molar-refractivity contribution in [3.8, 4) is 0 Å². The second-order valence-corrected chi connectivity index (χ2v) is 18.8. The molecule has 0 rings (SSSR count). The van der Waals surface area contributed by atoms with Crippen molar-refractivity contribution >= 4 is 5.91 Å². The first-order chi connectivity index (χ1) is 29.1. The average Bonchev–Trinajstić information content (AvgIpc) is 3.24. The van der Waals surface area contributed by atoms with Crippen LogP contribution < -0.4 is 5.32 Å². The van der Waals surface area contributed by atoms with E-state index in [9.17, 15) is 20.1 Å². The summed E-state index contributed by atoms with van der Waals surface area (Å²) in [4.78, 5) is 12.5. The molecule has 0 aromatic heterocycles. The van der Waals surface area contributed by atoms with E-state index in [1.54, 1.807) is 0 Å². The third-order valence-corrected chi connectivity index (χ3v) is 12.9. The van der Waals surface area contributed by atoms with Crippen LogP contribution in [0.3, 0.4) is 0 Å². The second kappa shape index (κ2) is 49.7. The summed E-state index contributed by atoms with van der Waals surface area (Å²) in [6.45, 7) is 4.21. The van der Waals surface area contributed by atoms with Crippen molar-refractivity contribution in [2.24, 2.45) is 0 Å². The van der Waals surface area contributed by atoms with E-state index in [0.717, 1.165) is 32.1 Å². The Hall–Kier alpha value is -0.910. The third-order valence-electron chi connectivity index (χ3n) is 12.9. The van der Waals surface area contributed by atoms with Crippen LogP contribution in [0.4, 0.5) is 0 Å². The molecule has 3 atom stereocenters. The van der Waals surface area contributed by atoms with Gasteiger partial charge in [-0.2, -0.15) is 0 Å². The zero-order chi connectivity index (χ0) is 43.0. The van der Waals surface area contributed by atoms with Crippen LogP contribution in [-0.2, 0) is 4.79 Å². The van der Waals surface area contributed by atoms with Gasteiger partial charge in [-0.3, -0.25) is 4.79 Å². The highest BCUT2D eigenvalue weighted by Crippen LogP contribution is 2.18. The molecule has 0 saturated carbocycles. The smallest absolute Gasteiger partial charge is 0.220 e. The van der Waals surface area contributed by atoms with E-state index in [0.29, 0.717) is 12.8 Å². The van der Waals surface area contributed by atoms with E-state index in [2.05, 4.69) is 31.3 Å². The Morgan fingerprint density at radius 3 is 0.983 bits per heavy atom. The van der Waals surface area contributed by atoms with Gasteiger partial charge in [-0.1, -0.05) is 270 Å². The lowest BCUT2D eigenvalue weighted by molar-refractivity contribution is -0.124. The Kier molecular flexibility index (Phi) is 49.0. The lowest BCUT2D eigenvalue weighted by atomic mass is 9.99. The van der Waals surface area contributed by atoms with Gasteiger partial charge in [0.25, 0.3) is 0 Å². The molecule has 0 heterocycles. The summed E-state index contributed by atoms with van der Waals surface area (Å²) in [5.74, 6) is -0.140. The summed E-state index contributed by atoms with van der Waals surface area (Å²) in [5, 5.41) is 33.7. The zero-order valence-electron chi connectivity index (χ0n) is 40.2. The SMILES string of the molecule is CCCCCCCCCCCCCC/C=C\CCCCCCCCCCCCCCC(=O)NC(CO)C(O)C(O)CCCCCCCCCCCCCCCCCCC. The van der Waals surface area contributed by atoms with E-state index < -0.39 is 18.2 Å². The summed E-state index contributed by atoms with van der Waals surface area (Å²) in [5.41, 5.74) is 0. The number of aliphatic hydroxyl groups is 3. The predicted octanol–water partition coefficient (Wildman–Crippen LogP) is 16.3. The number of rotatable bonds is 50. The maximum Gasteiger partial charge on any atom is 0.220 e. The number of hydrogen-bond donors (Lipinski definition) is 4.